The number of nitrogens with zero attached hydrogens (tertiary/aromatic N) is 2. The Balaban J connectivity index is 2.02. The lowest BCUT2D eigenvalue weighted by molar-refractivity contribution is 0.211. The fourth-order valence-electron chi connectivity index (χ4n) is 2.58. The Labute approximate surface area is 98.8 Å². The summed E-state index contributed by atoms with van der Waals surface area (Å²) < 4.78 is 0. The molecule has 2 rings (SSSR count). The van der Waals surface area contributed by atoms with Crippen molar-refractivity contribution < 1.29 is 0 Å². The highest BCUT2D eigenvalue weighted by atomic mass is 15.2. The molecule has 0 aromatic rings. The van der Waals surface area contributed by atoms with E-state index in [2.05, 4.69) is 37.2 Å². The van der Waals surface area contributed by atoms with E-state index in [4.69, 9.17) is 0 Å². The second kappa shape index (κ2) is 4.35. The van der Waals surface area contributed by atoms with E-state index in [1.54, 1.807) is 0 Å². The van der Waals surface area contributed by atoms with E-state index in [0.29, 0.717) is 12.0 Å². The molecule has 2 saturated carbocycles. The summed E-state index contributed by atoms with van der Waals surface area (Å²) in [5, 5.41) is 13.1. The van der Waals surface area contributed by atoms with Crippen LogP contribution < -0.4 is 5.32 Å². The van der Waals surface area contributed by atoms with Crippen LogP contribution in [0.4, 0.5) is 0 Å². The zero-order chi connectivity index (χ0) is 11.8. The third kappa shape index (κ3) is 2.56. The van der Waals surface area contributed by atoms with Crippen LogP contribution >= 0.6 is 0 Å². The summed E-state index contributed by atoms with van der Waals surface area (Å²) in [6, 6.07) is 3.69. The summed E-state index contributed by atoms with van der Waals surface area (Å²) in [4.78, 5) is 2.37. The lowest BCUT2D eigenvalue weighted by atomic mass is 9.93. The van der Waals surface area contributed by atoms with Crippen LogP contribution in [0.5, 0.6) is 0 Å². The average Bonchev–Trinajstić information content (AvgIpc) is 3.04. The largest absolute Gasteiger partial charge is 0.300 e. The number of nitrogens with one attached hydrogen (secondary N) is 1. The number of likely N-dealkylation sites (N-methyl/N-ethyl adjacent to an activating group) is 1. The Morgan fingerprint density at radius 3 is 2.38 bits per heavy atom. The minimum absolute atomic E-state index is 0.300. The fourth-order valence-corrected chi connectivity index (χ4v) is 2.58. The smallest absolute Gasteiger partial charge is 0.122 e. The van der Waals surface area contributed by atoms with Gasteiger partial charge in [-0.2, -0.15) is 5.26 Å². The van der Waals surface area contributed by atoms with E-state index in [-0.39, 0.29) is 5.54 Å². The minimum Gasteiger partial charge on any atom is -0.300 e. The summed E-state index contributed by atoms with van der Waals surface area (Å²) in [6.07, 6.45) is 5.05. The van der Waals surface area contributed by atoms with Crippen molar-refractivity contribution in [3.8, 4) is 6.07 Å². The first kappa shape index (κ1) is 11.9. The Morgan fingerprint density at radius 2 is 2.00 bits per heavy atom. The normalized spacial score (nSPS) is 24.5. The number of hydrogen-bond acceptors (Lipinski definition) is 3. The van der Waals surface area contributed by atoms with Crippen LogP contribution in [-0.4, -0.2) is 36.1 Å². The lowest BCUT2D eigenvalue weighted by Gasteiger charge is -2.34. The van der Waals surface area contributed by atoms with Crippen molar-refractivity contribution in [2.75, 3.05) is 13.6 Å². The standard InChI is InChI=1S/C13H23N3/c1-10(2)15-13(8-14,11-4-5-11)9-16(3)12-6-7-12/h10-12,15H,4-7,9H2,1-3H3. The van der Waals surface area contributed by atoms with E-state index in [1.165, 1.54) is 25.7 Å². The third-order valence-electron chi connectivity index (χ3n) is 3.69. The van der Waals surface area contributed by atoms with Gasteiger partial charge in [-0.1, -0.05) is 0 Å². The first-order valence-corrected chi connectivity index (χ1v) is 6.46. The van der Waals surface area contributed by atoms with Gasteiger partial charge in [0.05, 0.1) is 6.07 Å². The van der Waals surface area contributed by atoms with E-state index in [1.807, 2.05) is 0 Å². The second-order valence-corrected chi connectivity index (χ2v) is 5.80. The first-order chi connectivity index (χ1) is 7.57. The molecule has 0 radical (unpaired) electrons. The molecule has 0 aromatic carbocycles. The molecule has 90 valence electrons. The van der Waals surface area contributed by atoms with Gasteiger partial charge in [0.15, 0.2) is 0 Å². The summed E-state index contributed by atoms with van der Waals surface area (Å²) in [5.41, 5.74) is -0.300. The molecule has 0 spiro atoms. The Bertz CT molecular complexity index is 286. The summed E-state index contributed by atoms with van der Waals surface area (Å²) in [7, 11) is 2.16. The van der Waals surface area contributed by atoms with Gasteiger partial charge in [-0.25, -0.2) is 0 Å². The van der Waals surface area contributed by atoms with Gasteiger partial charge in [0.1, 0.15) is 5.54 Å². The van der Waals surface area contributed by atoms with Crippen LogP contribution in [0.2, 0.25) is 0 Å². The van der Waals surface area contributed by atoms with Crippen LogP contribution in [0.3, 0.4) is 0 Å². The Hall–Kier alpha value is -0.590. The van der Waals surface area contributed by atoms with Crippen molar-refractivity contribution in [3.63, 3.8) is 0 Å². The lowest BCUT2D eigenvalue weighted by Crippen LogP contribution is -2.56. The molecule has 0 heterocycles. The second-order valence-electron chi connectivity index (χ2n) is 5.80. The zero-order valence-electron chi connectivity index (χ0n) is 10.7. The molecule has 3 nitrogen and oxygen atoms in total. The molecule has 1 atom stereocenters. The number of hydrogen-bond donors (Lipinski definition) is 1. The van der Waals surface area contributed by atoms with Gasteiger partial charge < -0.3 is 4.90 Å². The minimum atomic E-state index is -0.300. The summed E-state index contributed by atoms with van der Waals surface area (Å²) >= 11 is 0. The molecule has 1 N–H and O–H groups in total. The molecule has 1 unspecified atom stereocenters. The highest BCUT2D eigenvalue weighted by Gasteiger charge is 2.47. The molecule has 0 aromatic heterocycles. The maximum absolute atomic E-state index is 9.55. The van der Waals surface area contributed by atoms with E-state index >= 15 is 0 Å². The number of nitriles is 1. The molecule has 2 aliphatic rings. The molecule has 0 bridgehead atoms. The molecule has 2 fully saturated rings. The Kier molecular flexibility index (Phi) is 3.23. The molecule has 0 aliphatic heterocycles. The highest BCUT2D eigenvalue weighted by Crippen LogP contribution is 2.41. The quantitative estimate of drug-likeness (QED) is 0.742. The van der Waals surface area contributed by atoms with Gasteiger partial charge in [-0.05, 0) is 52.5 Å². The molecular weight excluding hydrogens is 198 g/mol. The van der Waals surface area contributed by atoms with Crippen molar-refractivity contribution >= 4 is 0 Å². The fraction of sp³-hybridized carbons (Fsp3) is 0.923. The Morgan fingerprint density at radius 1 is 1.38 bits per heavy atom. The van der Waals surface area contributed by atoms with Crippen molar-refractivity contribution in [1.82, 2.24) is 10.2 Å². The van der Waals surface area contributed by atoms with Crippen LogP contribution in [0.25, 0.3) is 0 Å². The van der Waals surface area contributed by atoms with E-state index in [0.717, 1.165) is 12.6 Å². The average molecular weight is 221 g/mol. The predicted octanol–water partition coefficient (Wildman–Crippen LogP) is 1.75. The zero-order valence-corrected chi connectivity index (χ0v) is 10.7. The maximum atomic E-state index is 9.55. The van der Waals surface area contributed by atoms with Gasteiger partial charge in [0.25, 0.3) is 0 Å². The van der Waals surface area contributed by atoms with Gasteiger partial charge in [0, 0.05) is 18.6 Å². The van der Waals surface area contributed by atoms with Gasteiger partial charge >= 0.3 is 0 Å². The van der Waals surface area contributed by atoms with E-state index in [9.17, 15) is 5.26 Å². The first-order valence-electron chi connectivity index (χ1n) is 6.46. The third-order valence-corrected chi connectivity index (χ3v) is 3.69. The van der Waals surface area contributed by atoms with Crippen molar-refractivity contribution in [3.05, 3.63) is 0 Å². The van der Waals surface area contributed by atoms with Gasteiger partial charge in [-0.15, -0.1) is 0 Å². The monoisotopic (exact) mass is 221 g/mol. The molecule has 16 heavy (non-hydrogen) atoms. The maximum Gasteiger partial charge on any atom is 0.122 e. The topological polar surface area (TPSA) is 39.1 Å². The van der Waals surface area contributed by atoms with Gasteiger partial charge in [-0.3, -0.25) is 5.32 Å². The predicted molar refractivity (Wildman–Crippen MR) is 65.0 cm³/mol. The van der Waals surface area contributed by atoms with Crippen LogP contribution in [0.15, 0.2) is 0 Å². The highest BCUT2D eigenvalue weighted by molar-refractivity contribution is 5.17. The van der Waals surface area contributed by atoms with E-state index < -0.39 is 0 Å². The molecule has 0 amide bonds. The van der Waals surface area contributed by atoms with Crippen LogP contribution in [0, 0.1) is 17.2 Å². The van der Waals surface area contributed by atoms with Crippen molar-refractivity contribution in [1.29, 1.82) is 5.26 Å². The molecule has 0 saturated heterocycles. The van der Waals surface area contributed by atoms with Gasteiger partial charge in [0.2, 0.25) is 0 Å². The van der Waals surface area contributed by atoms with Crippen LogP contribution in [-0.2, 0) is 0 Å². The van der Waals surface area contributed by atoms with Crippen LogP contribution in [0.1, 0.15) is 39.5 Å². The summed E-state index contributed by atoms with van der Waals surface area (Å²) in [5.74, 6) is 0.570. The number of rotatable bonds is 6. The SMILES string of the molecule is CC(C)NC(C#N)(CN(C)C1CC1)C1CC1. The summed E-state index contributed by atoms with van der Waals surface area (Å²) in [6.45, 7) is 5.15. The molecular formula is C13H23N3. The molecule has 2 aliphatic carbocycles. The molecule has 3 heteroatoms. The van der Waals surface area contributed by atoms with Crippen molar-refractivity contribution in [2.45, 2.75) is 57.2 Å². The van der Waals surface area contributed by atoms with Crippen molar-refractivity contribution in [2.24, 2.45) is 5.92 Å².